The number of piperazine rings is 1. The van der Waals surface area contributed by atoms with Gasteiger partial charge in [-0.25, -0.2) is 18.2 Å². The maximum absolute atomic E-state index is 13.0. The molecular weight excluding hydrogens is 418 g/mol. The van der Waals surface area contributed by atoms with Crippen LogP contribution in [0.15, 0.2) is 35.2 Å². The van der Waals surface area contributed by atoms with Crippen molar-refractivity contribution in [2.24, 2.45) is 0 Å². The van der Waals surface area contributed by atoms with Crippen molar-refractivity contribution in [2.45, 2.75) is 32.6 Å². The van der Waals surface area contributed by atoms with E-state index < -0.39 is 16.0 Å². The van der Waals surface area contributed by atoms with Crippen LogP contribution in [0.3, 0.4) is 0 Å². The SMILES string of the molecule is CCOC(=O)c1ccc(C(=O)N2CCN(S(=O)(=O)c3ccc(C)cc3C)CC2)nc1C. The van der Waals surface area contributed by atoms with Crippen molar-refractivity contribution in [3.05, 3.63) is 58.4 Å². The fraction of sp³-hybridized carbons (Fsp3) is 0.409. The number of pyridine rings is 1. The highest BCUT2D eigenvalue weighted by Crippen LogP contribution is 2.22. The smallest absolute Gasteiger partial charge is 0.339 e. The summed E-state index contributed by atoms with van der Waals surface area (Å²) in [5.41, 5.74) is 2.67. The molecule has 1 aromatic carbocycles. The van der Waals surface area contributed by atoms with E-state index in [0.29, 0.717) is 21.7 Å². The summed E-state index contributed by atoms with van der Waals surface area (Å²) in [6, 6.07) is 8.30. The number of ether oxygens (including phenoxy) is 1. The van der Waals surface area contributed by atoms with E-state index in [2.05, 4.69) is 4.98 Å². The van der Waals surface area contributed by atoms with Crippen LogP contribution in [0.4, 0.5) is 0 Å². The van der Waals surface area contributed by atoms with Gasteiger partial charge in [0.15, 0.2) is 0 Å². The number of nitrogens with zero attached hydrogens (tertiary/aromatic N) is 3. The molecule has 2 aromatic rings. The predicted molar refractivity (Wildman–Crippen MR) is 116 cm³/mol. The Bertz CT molecular complexity index is 1110. The van der Waals surface area contributed by atoms with Crippen LogP contribution in [0.5, 0.6) is 0 Å². The van der Waals surface area contributed by atoms with Crippen molar-refractivity contribution in [1.82, 2.24) is 14.2 Å². The Morgan fingerprint density at radius 1 is 1.03 bits per heavy atom. The number of hydrogen-bond acceptors (Lipinski definition) is 6. The van der Waals surface area contributed by atoms with E-state index >= 15 is 0 Å². The molecule has 0 N–H and O–H groups in total. The molecule has 0 saturated carbocycles. The molecule has 0 bridgehead atoms. The first kappa shape index (κ1) is 22.9. The van der Waals surface area contributed by atoms with Crippen LogP contribution >= 0.6 is 0 Å². The fourth-order valence-electron chi connectivity index (χ4n) is 3.63. The van der Waals surface area contributed by atoms with Gasteiger partial charge in [-0.1, -0.05) is 17.7 Å². The summed E-state index contributed by atoms with van der Waals surface area (Å²) in [6.45, 7) is 8.29. The summed E-state index contributed by atoms with van der Waals surface area (Å²) >= 11 is 0. The number of carbonyl (C=O) groups is 2. The van der Waals surface area contributed by atoms with Gasteiger partial charge in [-0.05, 0) is 51.5 Å². The normalized spacial score (nSPS) is 15.0. The predicted octanol–water partition coefficient (Wildman–Crippen LogP) is 2.33. The number of aromatic nitrogens is 1. The van der Waals surface area contributed by atoms with E-state index in [1.807, 2.05) is 13.0 Å². The first-order valence-electron chi connectivity index (χ1n) is 10.2. The van der Waals surface area contributed by atoms with Crippen molar-refractivity contribution in [3.63, 3.8) is 0 Å². The second kappa shape index (κ2) is 9.15. The summed E-state index contributed by atoms with van der Waals surface area (Å²) in [5.74, 6) is -0.765. The second-order valence-corrected chi connectivity index (χ2v) is 9.42. The minimum Gasteiger partial charge on any atom is -0.462 e. The lowest BCUT2D eigenvalue weighted by atomic mass is 10.1. The van der Waals surface area contributed by atoms with Crippen molar-refractivity contribution < 1.29 is 22.7 Å². The minimum atomic E-state index is -3.62. The summed E-state index contributed by atoms with van der Waals surface area (Å²) in [6.07, 6.45) is 0. The molecule has 3 rings (SSSR count). The number of amides is 1. The third kappa shape index (κ3) is 4.77. The molecule has 1 saturated heterocycles. The molecule has 2 heterocycles. The van der Waals surface area contributed by atoms with Crippen molar-refractivity contribution >= 4 is 21.9 Å². The first-order valence-corrected chi connectivity index (χ1v) is 11.6. The molecule has 1 aromatic heterocycles. The summed E-state index contributed by atoms with van der Waals surface area (Å²) in [5, 5.41) is 0. The van der Waals surface area contributed by atoms with Crippen LogP contribution in [0.25, 0.3) is 0 Å². The van der Waals surface area contributed by atoms with Crippen molar-refractivity contribution in [3.8, 4) is 0 Å². The zero-order valence-electron chi connectivity index (χ0n) is 18.2. The van der Waals surface area contributed by atoms with Gasteiger partial charge in [0.05, 0.1) is 22.8 Å². The molecular formula is C22H27N3O5S. The van der Waals surface area contributed by atoms with E-state index in [0.717, 1.165) is 5.56 Å². The molecule has 1 amide bonds. The highest BCUT2D eigenvalue weighted by molar-refractivity contribution is 7.89. The van der Waals surface area contributed by atoms with Crippen molar-refractivity contribution in [1.29, 1.82) is 0 Å². The molecule has 1 aliphatic heterocycles. The van der Waals surface area contributed by atoms with Gasteiger partial charge in [0.2, 0.25) is 10.0 Å². The zero-order chi connectivity index (χ0) is 22.8. The van der Waals surface area contributed by atoms with Crippen LogP contribution in [-0.4, -0.2) is 67.3 Å². The largest absolute Gasteiger partial charge is 0.462 e. The summed E-state index contributed by atoms with van der Waals surface area (Å²) in [7, 11) is -3.62. The molecule has 1 aliphatic rings. The molecule has 1 fully saturated rings. The van der Waals surface area contributed by atoms with E-state index in [4.69, 9.17) is 4.74 Å². The number of sulfonamides is 1. The molecule has 166 valence electrons. The third-order valence-corrected chi connectivity index (χ3v) is 7.33. The molecule has 9 heteroatoms. The first-order chi connectivity index (χ1) is 14.6. The minimum absolute atomic E-state index is 0.210. The van der Waals surface area contributed by atoms with E-state index in [-0.39, 0.29) is 44.4 Å². The van der Waals surface area contributed by atoms with Crippen molar-refractivity contribution in [2.75, 3.05) is 32.8 Å². The number of esters is 1. The standard InChI is InChI=1S/C22H27N3O5S/c1-5-30-22(27)18-7-8-19(23-17(18)4)21(26)24-10-12-25(13-11-24)31(28,29)20-9-6-15(2)14-16(20)3/h6-9,14H,5,10-13H2,1-4H3. The number of aryl methyl sites for hydroxylation is 3. The molecule has 31 heavy (non-hydrogen) atoms. The van der Waals surface area contributed by atoms with E-state index in [1.54, 1.807) is 37.8 Å². The van der Waals surface area contributed by atoms with Crippen LogP contribution < -0.4 is 0 Å². The van der Waals surface area contributed by atoms with Crippen LogP contribution in [-0.2, 0) is 14.8 Å². The van der Waals surface area contributed by atoms with Gasteiger partial charge in [0.1, 0.15) is 5.69 Å². The molecule has 8 nitrogen and oxygen atoms in total. The van der Waals surface area contributed by atoms with Gasteiger partial charge < -0.3 is 9.64 Å². The van der Waals surface area contributed by atoms with Gasteiger partial charge in [-0.2, -0.15) is 4.31 Å². The fourth-order valence-corrected chi connectivity index (χ4v) is 5.25. The Labute approximate surface area is 182 Å². The Morgan fingerprint density at radius 2 is 1.71 bits per heavy atom. The Morgan fingerprint density at radius 3 is 2.29 bits per heavy atom. The van der Waals surface area contributed by atoms with Gasteiger partial charge in [0.25, 0.3) is 5.91 Å². The average Bonchev–Trinajstić information content (AvgIpc) is 2.73. The maximum atomic E-state index is 13.0. The lowest BCUT2D eigenvalue weighted by Gasteiger charge is -2.34. The lowest BCUT2D eigenvalue weighted by molar-refractivity contribution is 0.0523. The van der Waals surface area contributed by atoms with Gasteiger partial charge in [-0.3, -0.25) is 4.79 Å². The van der Waals surface area contributed by atoms with Gasteiger partial charge in [-0.15, -0.1) is 0 Å². The third-order valence-electron chi connectivity index (χ3n) is 5.27. The Balaban J connectivity index is 1.70. The number of carbonyl (C=O) groups excluding carboxylic acids is 2. The van der Waals surface area contributed by atoms with Gasteiger partial charge >= 0.3 is 5.97 Å². The number of hydrogen-bond donors (Lipinski definition) is 0. The lowest BCUT2D eigenvalue weighted by Crippen LogP contribution is -2.50. The highest BCUT2D eigenvalue weighted by atomic mass is 32.2. The monoisotopic (exact) mass is 445 g/mol. The molecule has 0 aliphatic carbocycles. The molecule has 0 radical (unpaired) electrons. The van der Waals surface area contributed by atoms with Crippen LogP contribution in [0.1, 0.15) is 44.6 Å². The van der Waals surface area contributed by atoms with E-state index in [9.17, 15) is 18.0 Å². The topological polar surface area (TPSA) is 96.9 Å². The van der Waals surface area contributed by atoms with Crippen LogP contribution in [0, 0.1) is 20.8 Å². The van der Waals surface area contributed by atoms with Crippen LogP contribution in [0.2, 0.25) is 0 Å². The number of rotatable bonds is 5. The average molecular weight is 446 g/mol. The highest BCUT2D eigenvalue weighted by Gasteiger charge is 2.31. The maximum Gasteiger partial charge on any atom is 0.339 e. The quantitative estimate of drug-likeness (QED) is 0.656. The Kier molecular flexibility index (Phi) is 6.76. The second-order valence-electron chi connectivity index (χ2n) is 7.52. The molecule has 0 atom stereocenters. The number of benzene rings is 1. The zero-order valence-corrected chi connectivity index (χ0v) is 19.0. The molecule has 0 unspecified atom stereocenters. The Hall–Kier alpha value is -2.78. The summed E-state index contributed by atoms with van der Waals surface area (Å²) in [4.78, 5) is 30.9. The summed E-state index contributed by atoms with van der Waals surface area (Å²) < 4.78 is 32.5. The molecule has 0 spiro atoms. The van der Waals surface area contributed by atoms with Gasteiger partial charge in [0, 0.05) is 26.2 Å². The van der Waals surface area contributed by atoms with E-state index in [1.165, 1.54) is 16.4 Å².